The van der Waals surface area contributed by atoms with Crippen molar-refractivity contribution in [3.8, 4) is 5.69 Å². The van der Waals surface area contributed by atoms with Gasteiger partial charge in [-0.25, -0.2) is 9.78 Å². The van der Waals surface area contributed by atoms with Crippen molar-refractivity contribution in [2.24, 2.45) is 0 Å². The Kier molecular flexibility index (Phi) is 6.47. The highest BCUT2D eigenvalue weighted by atomic mass is 16.2. The molecule has 8 nitrogen and oxygen atoms in total. The molecule has 8 heteroatoms. The number of pyridine rings is 1. The highest BCUT2D eigenvalue weighted by Gasteiger charge is 2.21. The number of amides is 3. The summed E-state index contributed by atoms with van der Waals surface area (Å²) in [5.41, 5.74) is 1.66. The molecule has 0 atom stereocenters. The summed E-state index contributed by atoms with van der Waals surface area (Å²) in [5, 5.41) is 5.58. The summed E-state index contributed by atoms with van der Waals surface area (Å²) in [5.74, 6) is 0.990. The van der Waals surface area contributed by atoms with E-state index in [-0.39, 0.29) is 18.4 Å². The lowest BCUT2D eigenvalue weighted by molar-refractivity contribution is -0.131. The van der Waals surface area contributed by atoms with Gasteiger partial charge >= 0.3 is 6.03 Å². The zero-order chi connectivity index (χ0) is 21.5. The number of hydrogen-bond donors (Lipinski definition) is 2. The number of anilines is 2. The Bertz CT molecular complexity index is 998. The topological polar surface area (TPSA) is 82.5 Å². The second kappa shape index (κ2) is 9.80. The maximum atomic E-state index is 12.5. The monoisotopic (exact) mass is 418 g/mol. The van der Waals surface area contributed by atoms with Crippen LogP contribution in [0.15, 0.2) is 73.2 Å². The Morgan fingerprint density at radius 2 is 1.74 bits per heavy atom. The summed E-state index contributed by atoms with van der Waals surface area (Å²) in [6.07, 6.45) is 5.95. The van der Waals surface area contributed by atoms with E-state index in [0.29, 0.717) is 25.3 Å². The summed E-state index contributed by atoms with van der Waals surface area (Å²) in [6, 6.07) is 17.0. The molecule has 0 unspecified atom stereocenters. The van der Waals surface area contributed by atoms with Crippen LogP contribution in [0.2, 0.25) is 0 Å². The number of benzene rings is 1. The molecule has 4 rings (SSSR count). The average Bonchev–Trinajstić information content (AvgIpc) is 3.35. The van der Waals surface area contributed by atoms with Gasteiger partial charge in [-0.05, 0) is 42.5 Å². The van der Waals surface area contributed by atoms with Crippen molar-refractivity contribution in [1.29, 1.82) is 0 Å². The van der Waals surface area contributed by atoms with E-state index in [0.717, 1.165) is 24.6 Å². The van der Waals surface area contributed by atoms with Crippen LogP contribution in [0.3, 0.4) is 0 Å². The van der Waals surface area contributed by atoms with Crippen molar-refractivity contribution < 1.29 is 9.59 Å². The van der Waals surface area contributed by atoms with Crippen LogP contribution in [0.5, 0.6) is 0 Å². The fraction of sp³-hybridized carbons (Fsp3) is 0.261. The van der Waals surface area contributed by atoms with Crippen molar-refractivity contribution in [3.05, 3.63) is 73.2 Å². The molecule has 31 heavy (non-hydrogen) atoms. The van der Waals surface area contributed by atoms with E-state index in [1.54, 1.807) is 6.20 Å². The minimum absolute atomic E-state index is 0.0515. The Hall–Kier alpha value is -3.81. The lowest BCUT2D eigenvalue weighted by Crippen LogP contribution is -2.49. The van der Waals surface area contributed by atoms with E-state index < -0.39 is 0 Å². The van der Waals surface area contributed by atoms with Gasteiger partial charge in [-0.1, -0.05) is 12.1 Å². The maximum Gasteiger partial charge on any atom is 0.319 e. The lowest BCUT2D eigenvalue weighted by atomic mass is 10.2. The molecule has 2 aromatic heterocycles. The molecule has 1 aromatic carbocycles. The summed E-state index contributed by atoms with van der Waals surface area (Å²) >= 11 is 0. The first-order valence-corrected chi connectivity index (χ1v) is 10.4. The molecule has 2 N–H and O–H groups in total. The molecule has 3 heterocycles. The Balaban J connectivity index is 1.19. The van der Waals surface area contributed by atoms with E-state index >= 15 is 0 Å². The summed E-state index contributed by atoms with van der Waals surface area (Å²) in [7, 11) is 0. The number of carbonyl (C=O) groups excluding carboxylic acids is 2. The average molecular weight is 419 g/mol. The van der Waals surface area contributed by atoms with Crippen LogP contribution >= 0.6 is 0 Å². The van der Waals surface area contributed by atoms with Gasteiger partial charge in [0.15, 0.2) is 0 Å². The van der Waals surface area contributed by atoms with Gasteiger partial charge in [-0.2, -0.15) is 0 Å². The first kappa shape index (κ1) is 20.5. The number of nitrogens with zero attached hydrogens (tertiary/aromatic N) is 4. The van der Waals surface area contributed by atoms with Gasteiger partial charge in [0.05, 0.1) is 0 Å². The molecule has 0 spiro atoms. The van der Waals surface area contributed by atoms with Crippen LogP contribution in [0.25, 0.3) is 5.69 Å². The molecule has 1 aliphatic heterocycles. The normalized spacial score (nSPS) is 13.7. The Labute approximate surface area is 181 Å². The molecule has 1 saturated heterocycles. The van der Waals surface area contributed by atoms with Crippen LogP contribution < -0.4 is 15.5 Å². The molecule has 0 radical (unpaired) electrons. The molecule has 0 saturated carbocycles. The van der Waals surface area contributed by atoms with Crippen molar-refractivity contribution >= 4 is 23.4 Å². The number of urea groups is 1. The van der Waals surface area contributed by atoms with Crippen LogP contribution in [-0.2, 0) is 4.79 Å². The standard InChI is InChI=1S/C23H26N6O2/c30-22(29-16-14-28(15-17-29)21-8-1-2-10-24-21)9-11-25-23(31)26-19-6-5-7-20(18-19)27-12-3-4-13-27/h1-8,10,12-13,18H,9,11,14-17H2,(H2,25,26,31). The fourth-order valence-electron chi connectivity index (χ4n) is 3.59. The summed E-state index contributed by atoms with van der Waals surface area (Å²) < 4.78 is 1.97. The van der Waals surface area contributed by atoms with Crippen molar-refractivity contribution in [1.82, 2.24) is 19.8 Å². The van der Waals surface area contributed by atoms with Gasteiger partial charge in [0, 0.05) is 69.1 Å². The zero-order valence-corrected chi connectivity index (χ0v) is 17.3. The first-order chi connectivity index (χ1) is 15.2. The van der Waals surface area contributed by atoms with Crippen molar-refractivity contribution in [2.45, 2.75) is 6.42 Å². The Morgan fingerprint density at radius 1 is 0.935 bits per heavy atom. The number of rotatable bonds is 6. The van der Waals surface area contributed by atoms with E-state index in [4.69, 9.17) is 0 Å². The summed E-state index contributed by atoms with van der Waals surface area (Å²) in [6.45, 7) is 3.13. The van der Waals surface area contributed by atoms with Crippen molar-refractivity contribution in [2.75, 3.05) is 42.9 Å². The first-order valence-electron chi connectivity index (χ1n) is 10.4. The van der Waals surface area contributed by atoms with E-state index in [9.17, 15) is 9.59 Å². The third-order valence-electron chi connectivity index (χ3n) is 5.24. The molecular weight excluding hydrogens is 392 g/mol. The molecule has 0 aliphatic carbocycles. The van der Waals surface area contributed by atoms with Gasteiger partial charge in [-0.3, -0.25) is 4.79 Å². The molecular formula is C23H26N6O2. The number of hydrogen-bond acceptors (Lipinski definition) is 4. The highest BCUT2D eigenvalue weighted by Crippen LogP contribution is 2.15. The van der Waals surface area contributed by atoms with Gasteiger partial charge in [0.25, 0.3) is 0 Å². The van der Waals surface area contributed by atoms with Crippen molar-refractivity contribution in [3.63, 3.8) is 0 Å². The summed E-state index contributed by atoms with van der Waals surface area (Å²) in [4.78, 5) is 33.1. The van der Waals surface area contributed by atoms with E-state index in [2.05, 4.69) is 20.5 Å². The number of carbonyl (C=O) groups is 2. The van der Waals surface area contributed by atoms with Crippen LogP contribution in [0, 0.1) is 0 Å². The van der Waals surface area contributed by atoms with Crippen LogP contribution in [0.1, 0.15) is 6.42 Å². The smallest absolute Gasteiger partial charge is 0.319 e. The SMILES string of the molecule is O=C(NCCC(=O)N1CCN(c2ccccn2)CC1)Nc1cccc(-n2cccc2)c1. The number of nitrogens with one attached hydrogen (secondary N) is 2. The van der Waals surface area contributed by atoms with Crippen LogP contribution in [0.4, 0.5) is 16.3 Å². The Morgan fingerprint density at radius 3 is 2.48 bits per heavy atom. The third kappa shape index (κ3) is 5.42. The maximum absolute atomic E-state index is 12.5. The molecule has 1 fully saturated rings. The third-order valence-corrected chi connectivity index (χ3v) is 5.24. The van der Waals surface area contributed by atoms with Gasteiger partial charge < -0.3 is 25.0 Å². The molecule has 3 amide bonds. The molecule has 0 bridgehead atoms. The number of piperazine rings is 1. The zero-order valence-electron chi connectivity index (χ0n) is 17.3. The fourth-order valence-corrected chi connectivity index (χ4v) is 3.59. The minimum atomic E-state index is -0.322. The van der Waals surface area contributed by atoms with Crippen LogP contribution in [-0.4, -0.2) is 59.1 Å². The molecule has 3 aromatic rings. The second-order valence-corrected chi connectivity index (χ2v) is 7.33. The number of aromatic nitrogens is 2. The quantitative estimate of drug-likeness (QED) is 0.645. The molecule has 160 valence electrons. The van der Waals surface area contributed by atoms with Gasteiger partial charge in [0.1, 0.15) is 5.82 Å². The predicted molar refractivity (Wildman–Crippen MR) is 120 cm³/mol. The molecule has 1 aliphatic rings. The second-order valence-electron chi connectivity index (χ2n) is 7.33. The van der Waals surface area contributed by atoms with E-state index in [1.807, 2.05) is 76.5 Å². The van der Waals surface area contributed by atoms with E-state index in [1.165, 1.54) is 0 Å². The lowest BCUT2D eigenvalue weighted by Gasteiger charge is -2.35. The van der Waals surface area contributed by atoms with Gasteiger partial charge in [-0.15, -0.1) is 0 Å². The minimum Gasteiger partial charge on any atom is -0.353 e. The highest BCUT2D eigenvalue weighted by molar-refractivity contribution is 5.90. The largest absolute Gasteiger partial charge is 0.353 e. The van der Waals surface area contributed by atoms with Gasteiger partial charge in [0.2, 0.25) is 5.91 Å². The predicted octanol–water partition coefficient (Wildman–Crippen LogP) is 2.73.